The number of aromatic nitrogens is 1. The van der Waals surface area contributed by atoms with Crippen LogP contribution in [0.2, 0.25) is 0 Å². The van der Waals surface area contributed by atoms with E-state index in [0.29, 0.717) is 12.6 Å². The average molecular weight is 247 g/mol. The molecule has 1 aromatic heterocycles. The van der Waals surface area contributed by atoms with Crippen molar-refractivity contribution in [2.45, 2.75) is 33.2 Å². The van der Waals surface area contributed by atoms with Crippen molar-refractivity contribution in [1.29, 1.82) is 0 Å². The Balaban J connectivity index is 0.000000283. The first kappa shape index (κ1) is 16.4. The molecule has 1 aliphatic heterocycles. The van der Waals surface area contributed by atoms with Gasteiger partial charge in [0, 0.05) is 18.4 Å². The van der Waals surface area contributed by atoms with Crippen LogP contribution in [0.15, 0.2) is 48.8 Å². The lowest BCUT2D eigenvalue weighted by Crippen LogP contribution is -2.31. The lowest BCUT2D eigenvalue weighted by Gasteiger charge is -2.11. The quantitative estimate of drug-likeness (QED) is 0.844. The molecule has 1 aromatic rings. The second kappa shape index (κ2) is 11.9. The van der Waals surface area contributed by atoms with Gasteiger partial charge < -0.3 is 11.1 Å². The Morgan fingerprint density at radius 2 is 2.06 bits per heavy atom. The molecule has 3 N–H and O–H groups in total. The summed E-state index contributed by atoms with van der Waals surface area (Å²) in [6, 6.07) is 6.31. The predicted octanol–water partition coefficient (Wildman–Crippen LogP) is 2.66. The fourth-order valence-electron chi connectivity index (χ4n) is 1.24. The molecule has 0 saturated heterocycles. The lowest BCUT2D eigenvalue weighted by atomic mass is 10.2. The molecule has 2 heterocycles. The largest absolute Gasteiger partial charge is 0.383 e. The smallest absolute Gasteiger partial charge is 0.0564 e. The summed E-state index contributed by atoms with van der Waals surface area (Å²) in [7, 11) is 0. The zero-order chi connectivity index (χ0) is 13.6. The van der Waals surface area contributed by atoms with Crippen LogP contribution in [0.4, 0.5) is 0 Å². The molecule has 3 heteroatoms. The Hall–Kier alpha value is -1.61. The zero-order valence-electron chi connectivity index (χ0n) is 11.6. The summed E-state index contributed by atoms with van der Waals surface area (Å²) in [5.41, 5.74) is 6.52. The minimum absolute atomic E-state index is 0.347. The maximum absolute atomic E-state index is 5.36. The predicted molar refractivity (Wildman–Crippen MR) is 79.2 cm³/mol. The highest BCUT2D eigenvalue weighted by Gasteiger charge is 1.97. The van der Waals surface area contributed by atoms with Crippen LogP contribution < -0.4 is 11.1 Å². The van der Waals surface area contributed by atoms with E-state index in [1.54, 1.807) is 0 Å². The Labute approximate surface area is 111 Å². The number of aryl methyl sites for hydroxylation is 1. The van der Waals surface area contributed by atoms with Crippen LogP contribution in [0.1, 0.15) is 26.5 Å². The van der Waals surface area contributed by atoms with Crippen molar-refractivity contribution in [2.24, 2.45) is 5.73 Å². The number of nitrogens with one attached hydrogen (secondary N) is 1. The van der Waals surface area contributed by atoms with E-state index in [1.165, 1.54) is 0 Å². The second-order valence-corrected chi connectivity index (χ2v) is 3.43. The van der Waals surface area contributed by atoms with Gasteiger partial charge >= 0.3 is 0 Å². The molecule has 0 amide bonds. The lowest BCUT2D eigenvalue weighted by molar-refractivity contribution is 0.702. The average Bonchev–Trinajstić information content (AvgIpc) is 2.51. The fourth-order valence-corrected chi connectivity index (χ4v) is 1.24. The van der Waals surface area contributed by atoms with Gasteiger partial charge in [-0.25, -0.2) is 0 Å². The number of hydrogen-bond donors (Lipinski definition) is 2. The molecular weight excluding hydrogens is 222 g/mol. The molecule has 1 atom stereocenters. The molecular formula is C15H25N3. The van der Waals surface area contributed by atoms with Crippen molar-refractivity contribution in [1.82, 2.24) is 10.3 Å². The Bertz CT molecular complexity index is 331. The number of nitrogens with two attached hydrogens (primary N) is 1. The van der Waals surface area contributed by atoms with Gasteiger partial charge in [-0.05, 0) is 30.8 Å². The van der Waals surface area contributed by atoms with E-state index >= 15 is 0 Å². The highest BCUT2D eigenvalue weighted by Crippen LogP contribution is 1.91. The summed E-state index contributed by atoms with van der Waals surface area (Å²) in [6.07, 6.45) is 10.7. The molecule has 1 unspecified atom stereocenters. The molecule has 0 fully saturated rings. The fraction of sp³-hybridized carbons (Fsp3) is 0.400. The standard InChI is InChI=1S/C7H9N.C6H10N2.C2H6/c1-2-7-5-3-4-6-8-7;7-5-6-3-1-2-4-8-6;1-2/h3-6H,2H2,1H3;1-4,6,8H,5,7H2;1-2H3. The van der Waals surface area contributed by atoms with Gasteiger partial charge in [-0.2, -0.15) is 0 Å². The van der Waals surface area contributed by atoms with Crippen LogP contribution in [0.5, 0.6) is 0 Å². The molecule has 0 spiro atoms. The topological polar surface area (TPSA) is 50.9 Å². The van der Waals surface area contributed by atoms with Crippen molar-refractivity contribution >= 4 is 0 Å². The summed E-state index contributed by atoms with van der Waals surface area (Å²) >= 11 is 0. The third-order valence-electron chi connectivity index (χ3n) is 2.20. The van der Waals surface area contributed by atoms with Gasteiger partial charge in [-0.1, -0.05) is 39.0 Å². The molecule has 18 heavy (non-hydrogen) atoms. The summed E-state index contributed by atoms with van der Waals surface area (Å²) in [4.78, 5) is 4.10. The van der Waals surface area contributed by atoms with E-state index in [-0.39, 0.29) is 0 Å². The molecule has 0 saturated carbocycles. The first-order valence-electron chi connectivity index (χ1n) is 6.56. The van der Waals surface area contributed by atoms with Gasteiger partial charge in [-0.15, -0.1) is 0 Å². The molecule has 0 aliphatic carbocycles. The number of pyridine rings is 1. The maximum atomic E-state index is 5.36. The van der Waals surface area contributed by atoms with Crippen molar-refractivity contribution in [3.05, 3.63) is 54.5 Å². The summed E-state index contributed by atoms with van der Waals surface area (Å²) in [5.74, 6) is 0. The van der Waals surface area contributed by atoms with Crippen molar-refractivity contribution < 1.29 is 0 Å². The summed E-state index contributed by atoms with van der Waals surface area (Å²) in [5, 5.41) is 3.08. The third kappa shape index (κ3) is 7.63. The molecule has 100 valence electrons. The number of dihydropyridines is 1. The zero-order valence-corrected chi connectivity index (χ0v) is 11.6. The molecule has 3 nitrogen and oxygen atoms in total. The minimum Gasteiger partial charge on any atom is -0.383 e. The SMILES string of the molecule is CC.CCc1ccccn1.NCC1C=CC=CN1. The van der Waals surface area contributed by atoms with E-state index in [1.807, 2.05) is 62.7 Å². The van der Waals surface area contributed by atoms with Gasteiger partial charge in [0.25, 0.3) is 0 Å². The molecule has 2 rings (SSSR count). The number of hydrogen-bond acceptors (Lipinski definition) is 3. The summed E-state index contributed by atoms with van der Waals surface area (Å²) in [6.45, 7) is 6.77. The highest BCUT2D eigenvalue weighted by atomic mass is 14.9. The van der Waals surface area contributed by atoms with Crippen LogP contribution in [0.3, 0.4) is 0 Å². The van der Waals surface area contributed by atoms with Crippen molar-refractivity contribution in [3.8, 4) is 0 Å². The Morgan fingerprint density at radius 1 is 1.28 bits per heavy atom. The van der Waals surface area contributed by atoms with Crippen molar-refractivity contribution in [3.63, 3.8) is 0 Å². The van der Waals surface area contributed by atoms with Gasteiger partial charge in [0.1, 0.15) is 0 Å². The van der Waals surface area contributed by atoms with E-state index in [9.17, 15) is 0 Å². The van der Waals surface area contributed by atoms with E-state index in [4.69, 9.17) is 5.73 Å². The van der Waals surface area contributed by atoms with Crippen LogP contribution in [0, 0.1) is 0 Å². The second-order valence-electron chi connectivity index (χ2n) is 3.43. The van der Waals surface area contributed by atoms with E-state index in [2.05, 4.69) is 17.2 Å². The van der Waals surface area contributed by atoms with Crippen LogP contribution in [-0.2, 0) is 6.42 Å². The first-order chi connectivity index (χ1) is 8.86. The molecule has 0 radical (unpaired) electrons. The third-order valence-corrected chi connectivity index (χ3v) is 2.20. The van der Waals surface area contributed by atoms with Gasteiger partial charge in [0.2, 0.25) is 0 Å². The molecule has 0 bridgehead atoms. The van der Waals surface area contributed by atoms with Crippen LogP contribution in [-0.4, -0.2) is 17.6 Å². The van der Waals surface area contributed by atoms with Crippen molar-refractivity contribution in [2.75, 3.05) is 6.54 Å². The number of allylic oxidation sites excluding steroid dienone is 2. The van der Waals surface area contributed by atoms with Gasteiger partial charge in [0.15, 0.2) is 0 Å². The molecule has 0 aromatic carbocycles. The minimum atomic E-state index is 0.347. The molecule has 1 aliphatic rings. The maximum Gasteiger partial charge on any atom is 0.0564 e. The Kier molecular flexibility index (Phi) is 10.8. The van der Waals surface area contributed by atoms with E-state index in [0.717, 1.165) is 12.1 Å². The monoisotopic (exact) mass is 247 g/mol. The van der Waals surface area contributed by atoms with Gasteiger partial charge in [0.05, 0.1) is 6.04 Å². The number of nitrogens with zero attached hydrogens (tertiary/aromatic N) is 1. The van der Waals surface area contributed by atoms with E-state index < -0.39 is 0 Å². The van der Waals surface area contributed by atoms with Gasteiger partial charge in [-0.3, -0.25) is 4.98 Å². The van der Waals surface area contributed by atoms with Crippen LogP contribution in [0.25, 0.3) is 0 Å². The highest BCUT2D eigenvalue weighted by molar-refractivity contribution is 5.12. The van der Waals surface area contributed by atoms with Crippen LogP contribution >= 0.6 is 0 Å². The Morgan fingerprint density at radius 3 is 2.39 bits per heavy atom. The summed E-state index contributed by atoms with van der Waals surface area (Å²) < 4.78 is 0. The first-order valence-corrected chi connectivity index (χ1v) is 6.56. The normalized spacial score (nSPS) is 15.7. The number of rotatable bonds is 2.